The summed E-state index contributed by atoms with van der Waals surface area (Å²) in [6.45, 7) is 7.43. The molecule has 2 heterocycles. The lowest BCUT2D eigenvalue weighted by molar-refractivity contribution is -0.155. The van der Waals surface area contributed by atoms with E-state index >= 15 is 0 Å². The highest BCUT2D eigenvalue weighted by Gasteiger charge is 2.43. The highest BCUT2D eigenvalue weighted by atomic mass is 16.5. The summed E-state index contributed by atoms with van der Waals surface area (Å²) >= 11 is 0. The van der Waals surface area contributed by atoms with Gasteiger partial charge in [-0.1, -0.05) is 13.8 Å². The van der Waals surface area contributed by atoms with Crippen LogP contribution in [0.2, 0.25) is 0 Å². The van der Waals surface area contributed by atoms with Crippen molar-refractivity contribution in [1.29, 1.82) is 0 Å². The molecule has 3 rings (SSSR count). The first-order chi connectivity index (χ1) is 10.1. The summed E-state index contributed by atoms with van der Waals surface area (Å²) in [6, 6.07) is 0.417. The first-order valence-electron chi connectivity index (χ1n) is 9.07. The van der Waals surface area contributed by atoms with Gasteiger partial charge >= 0.3 is 0 Å². The molecule has 4 atom stereocenters. The zero-order valence-corrected chi connectivity index (χ0v) is 13.9. The second-order valence-corrected chi connectivity index (χ2v) is 8.04. The Morgan fingerprint density at radius 1 is 1.05 bits per heavy atom. The van der Waals surface area contributed by atoms with Crippen LogP contribution < -0.4 is 5.73 Å². The van der Waals surface area contributed by atoms with Crippen LogP contribution >= 0.6 is 0 Å². The van der Waals surface area contributed by atoms with Crippen LogP contribution in [-0.2, 0) is 9.47 Å². The molecule has 21 heavy (non-hydrogen) atoms. The number of rotatable bonds is 2. The van der Waals surface area contributed by atoms with Gasteiger partial charge in [-0.3, -0.25) is 0 Å². The standard InChI is InChI=1S/C18H33NO2/c1-13(2)14-3-4-17(19)16(11-14)15-5-8-21-18(12-15)6-9-20-10-7-18/h13-17H,3-12,19H2,1-2H3. The van der Waals surface area contributed by atoms with Gasteiger partial charge in [0.15, 0.2) is 0 Å². The Morgan fingerprint density at radius 2 is 1.81 bits per heavy atom. The second kappa shape index (κ2) is 6.55. The quantitative estimate of drug-likeness (QED) is 0.849. The Hall–Kier alpha value is -0.120. The summed E-state index contributed by atoms with van der Waals surface area (Å²) in [5, 5.41) is 0. The van der Waals surface area contributed by atoms with Gasteiger partial charge in [-0.05, 0) is 68.6 Å². The van der Waals surface area contributed by atoms with Gasteiger partial charge in [-0.2, -0.15) is 0 Å². The van der Waals surface area contributed by atoms with Gasteiger partial charge in [0.1, 0.15) is 0 Å². The lowest BCUT2D eigenvalue weighted by Gasteiger charge is -2.48. The van der Waals surface area contributed by atoms with Crippen LogP contribution in [0.25, 0.3) is 0 Å². The van der Waals surface area contributed by atoms with E-state index < -0.39 is 0 Å². The Kier molecular flexibility index (Phi) is 4.92. The molecule has 2 N–H and O–H groups in total. The third-order valence-electron chi connectivity index (χ3n) is 6.48. The van der Waals surface area contributed by atoms with E-state index in [2.05, 4.69) is 13.8 Å². The van der Waals surface area contributed by atoms with E-state index in [1.807, 2.05) is 0 Å². The van der Waals surface area contributed by atoms with Gasteiger partial charge in [0.05, 0.1) is 5.60 Å². The molecule has 3 nitrogen and oxygen atoms in total. The van der Waals surface area contributed by atoms with Crippen LogP contribution in [-0.4, -0.2) is 31.5 Å². The summed E-state index contributed by atoms with van der Waals surface area (Å²) in [4.78, 5) is 0. The van der Waals surface area contributed by atoms with Crippen LogP contribution in [0.5, 0.6) is 0 Å². The summed E-state index contributed by atoms with van der Waals surface area (Å²) in [7, 11) is 0. The Labute approximate surface area is 129 Å². The van der Waals surface area contributed by atoms with Crippen molar-refractivity contribution in [3.8, 4) is 0 Å². The Balaban J connectivity index is 1.66. The smallest absolute Gasteiger partial charge is 0.0729 e. The normalized spacial score (nSPS) is 40.6. The zero-order chi connectivity index (χ0) is 14.9. The van der Waals surface area contributed by atoms with Gasteiger partial charge < -0.3 is 15.2 Å². The summed E-state index contributed by atoms with van der Waals surface area (Å²) in [6.07, 6.45) is 8.50. The summed E-state index contributed by atoms with van der Waals surface area (Å²) < 4.78 is 11.8. The van der Waals surface area contributed by atoms with Gasteiger partial charge in [0.25, 0.3) is 0 Å². The van der Waals surface area contributed by atoms with Crippen molar-refractivity contribution in [3.63, 3.8) is 0 Å². The minimum Gasteiger partial charge on any atom is -0.381 e. The number of nitrogens with two attached hydrogens (primary N) is 1. The molecular weight excluding hydrogens is 262 g/mol. The van der Waals surface area contributed by atoms with Crippen LogP contribution in [0.4, 0.5) is 0 Å². The monoisotopic (exact) mass is 295 g/mol. The van der Waals surface area contributed by atoms with E-state index in [4.69, 9.17) is 15.2 Å². The molecule has 0 amide bonds. The van der Waals surface area contributed by atoms with Gasteiger partial charge in [-0.25, -0.2) is 0 Å². The molecule has 0 aromatic carbocycles. The van der Waals surface area contributed by atoms with Crippen molar-refractivity contribution in [1.82, 2.24) is 0 Å². The molecule has 3 fully saturated rings. The maximum absolute atomic E-state index is 6.52. The molecule has 3 aliphatic rings. The first-order valence-corrected chi connectivity index (χ1v) is 9.07. The molecule has 3 heteroatoms. The molecule has 1 aliphatic carbocycles. The molecule has 122 valence electrons. The minimum absolute atomic E-state index is 0.117. The largest absolute Gasteiger partial charge is 0.381 e. The maximum atomic E-state index is 6.52. The predicted molar refractivity (Wildman–Crippen MR) is 85.1 cm³/mol. The Morgan fingerprint density at radius 3 is 2.52 bits per heavy atom. The van der Waals surface area contributed by atoms with E-state index in [1.165, 1.54) is 32.1 Å². The van der Waals surface area contributed by atoms with E-state index in [0.717, 1.165) is 56.3 Å². The fraction of sp³-hybridized carbons (Fsp3) is 1.00. The first kappa shape index (κ1) is 15.8. The van der Waals surface area contributed by atoms with Crippen molar-refractivity contribution >= 4 is 0 Å². The number of ether oxygens (including phenoxy) is 2. The molecule has 0 aromatic rings. The van der Waals surface area contributed by atoms with Gasteiger partial charge in [-0.15, -0.1) is 0 Å². The van der Waals surface area contributed by atoms with E-state index in [9.17, 15) is 0 Å². The topological polar surface area (TPSA) is 44.5 Å². The fourth-order valence-electron chi connectivity index (χ4n) is 4.93. The van der Waals surface area contributed by atoms with Crippen molar-refractivity contribution in [3.05, 3.63) is 0 Å². The van der Waals surface area contributed by atoms with Crippen molar-refractivity contribution in [2.75, 3.05) is 19.8 Å². The molecule has 2 saturated heterocycles. The van der Waals surface area contributed by atoms with Crippen LogP contribution in [0.15, 0.2) is 0 Å². The minimum atomic E-state index is 0.117. The predicted octanol–water partition coefficient (Wildman–Crippen LogP) is 3.36. The van der Waals surface area contributed by atoms with Crippen LogP contribution in [0.3, 0.4) is 0 Å². The van der Waals surface area contributed by atoms with E-state index in [-0.39, 0.29) is 5.60 Å². The number of hydrogen-bond acceptors (Lipinski definition) is 3. The Bertz CT molecular complexity index is 333. The molecule has 1 saturated carbocycles. The zero-order valence-electron chi connectivity index (χ0n) is 13.9. The van der Waals surface area contributed by atoms with Gasteiger partial charge in [0, 0.05) is 25.9 Å². The highest BCUT2D eigenvalue weighted by Crippen LogP contribution is 2.45. The van der Waals surface area contributed by atoms with Crippen LogP contribution in [0.1, 0.15) is 58.8 Å². The van der Waals surface area contributed by atoms with Crippen molar-refractivity contribution < 1.29 is 9.47 Å². The lowest BCUT2D eigenvalue weighted by Crippen LogP contribution is -2.49. The third-order valence-corrected chi connectivity index (χ3v) is 6.48. The molecule has 4 unspecified atom stereocenters. The average Bonchev–Trinajstić information content (AvgIpc) is 2.48. The molecule has 2 aliphatic heterocycles. The second-order valence-electron chi connectivity index (χ2n) is 8.04. The summed E-state index contributed by atoms with van der Waals surface area (Å²) in [5.74, 6) is 3.17. The van der Waals surface area contributed by atoms with Crippen LogP contribution in [0, 0.1) is 23.7 Å². The fourth-order valence-corrected chi connectivity index (χ4v) is 4.93. The van der Waals surface area contributed by atoms with Crippen molar-refractivity contribution in [2.24, 2.45) is 29.4 Å². The molecule has 0 aromatic heterocycles. The van der Waals surface area contributed by atoms with E-state index in [1.54, 1.807) is 0 Å². The molecule has 0 radical (unpaired) electrons. The molecular formula is C18H33NO2. The summed E-state index contributed by atoms with van der Waals surface area (Å²) in [5.41, 5.74) is 6.64. The average molecular weight is 295 g/mol. The SMILES string of the molecule is CC(C)C1CCC(N)C(C2CCOC3(CCOCC3)C2)C1. The molecule has 0 bridgehead atoms. The van der Waals surface area contributed by atoms with Crippen molar-refractivity contribution in [2.45, 2.75) is 70.4 Å². The maximum Gasteiger partial charge on any atom is 0.0729 e. The van der Waals surface area contributed by atoms with E-state index in [0.29, 0.717) is 6.04 Å². The van der Waals surface area contributed by atoms with Gasteiger partial charge in [0.2, 0.25) is 0 Å². The highest BCUT2D eigenvalue weighted by molar-refractivity contribution is 4.95. The number of hydrogen-bond donors (Lipinski definition) is 1. The third kappa shape index (κ3) is 3.46. The molecule has 1 spiro atoms. The lowest BCUT2D eigenvalue weighted by atomic mass is 9.65.